The van der Waals surface area contributed by atoms with Gasteiger partial charge in [-0.15, -0.1) is 0 Å². The standard InChI is InChI=1S/C19H24F2N4O3/c1-22-10-19(20,21)11-24(2)8-12-4-3-5-13-14(12)9-25(18(13)28)15-6-7-16(26)23-17(15)27/h3-5,15,22H,6-11H2,1-2H3,(H,23,26,27). The number of fused-ring (bicyclic) bond motifs is 1. The molecule has 0 radical (unpaired) electrons. The highest BCUT2D eigenvalue weighted by molar-refractivity contribution is 6.05. The molecule has 0 aliphatic carbocycles. The third-order valence-electron chi connectivity index (χ3n) is 5.06. The normalized spacial score (nSPS) is 20.0. The largest absolute Gasteiger partial charge is 0.322 e. The molecule has 2 heterocycles. The number of piperidine rings is 1. The average molecular weight is 394 g/mol. The highest BCUT2D eigenvalue weighted by Crippen LogP contribution is 2.30. The van der Waals surface area contributed by atoms with Gasteiger partial charge < -0.3 is 10.2 Å². The Labute approximate surface area is 162 Å². The molecular weight excluding hydrogens is 370 g/mol. The minimum Gasteiger partial charge on any atom is -0.322 e. The fourth-order valence-electron chi connectivity index (χ4n) is 3.85. The van der Waals surface area contributed by atoms with Gasteiger partial charge in [-0.25, -0.2) is 8.78 Å². The van der Waals surface area contributed by atoms with Crippen LogP contribution in [0.2, 0.25) is 0 Å². The van der Waals surface area contributed by atoms with Crippen LogP contribution in [0.15, 0.2) is 18.2 Å². The maximum absolute atomic E-state index is 13.9. The van der Waals surface area contributed by atoms with Crippen LogP contribution < -0.4 is 10.6 Å². The number of benzene rings is 1. The van der Waals surface area contributed by atoms with Crippen molar-refractivity contribution in [2.75, 3.05) is 27.2 Å². The molecule has 1 atom stereocenters. The van der Waals surface area contributed by atoms with Crippen LogP contribution in [0.5, 0.6) is 0 Å². The molecule has 2 aliphatic rings. The Morgan fingerprint density at radius 2 is 2.07 bits per heavy atom. The molecule has 0 bridgehead atoms. The van der Waals surface area contributed by atoms with Crippen LogP contribution in [-0.4, -0.2) is 66.7 Å². The van der Waals surface area contributed by atoms with Gasteiger partial charge in [0.1, 0.15) is 6.04 Å². The number of nitrogens with zero attached hydrogens (tertiary/aromatic N) is 2. The second kappa shape index (κ2) is 7.92. The van der Waals surface area contributed by atoms with Crippen LogP contribution >= 0.6 is 0 Å². The summed E-state index contributed by atoms with van der Waals surface area (Å²) < 4.78 is 27.7. The highest BCUT2D eigenvalue weighted by Gasteiger charge is 2.40. The van der Waals surface area contributed by atoms with Crippen molar-refractivity contribution in [2.45, 2.75) is 37.9 Å². The van der Waals surface area contributed by atoms with E-state index < -0.39 is 31.0 Å². The Morgan fingerprint density at radius 1 is 1.32 bits per heavy atom. The van der Waals surface area contributed by atoms with Gasteiger partial charge in [0.05, 0.1) is 13.1 Å². The van der Waals surface area contributed by atoms with Crippen molar-refractivity contribution in [2.24, 2.45) is 0 Å². The minimum atomic E-state index is -2.87. The number of hydrogen-bond donors (Lipinski definition) is 2. The van der Waals surface area contributed by atoms with Crippen molar-refractivity contribution in [3.63, 3.8) is 0 Å². The summed E-state index contributed by atoms with van der Waals surface area (Å²) >= 11 is 0. The van der Waals surface area contributed by atoms with E-state index in [9.17, 15) is 23.2 Å². The molecule has 1 fully saturated rings. The Morgan fingerprint density at radius 3 is 2.75 bits per heavy atom. The van der Waals surface area contributed by atoms with Crippen molar-refractivity contribution >= 4 is 17.7 Å². The lowest BCUT2D eigenvalue weighted by molar-refractivity contribution is -0.136. The number of halogens is 2. The summed E-state index contributed by atoms with van der Waals surface area (Å²) in [6, 6.07) is 4.53. The predicted octanol–water partition coefficient (Wildman–Crippen LogP) is 0.734. The van der Waals surface area contributed by atoms with E-state index in [4.69, 9.17) is 0 Å². The van der Waals surface area contributed by atoms with Gasteiger partial charge in [-0.1, -0.05) is 12.1 Å². The van der Waals surface area contributed by atoms with E-state index in [2.05, 4.69) is 10.6 Å². The molecule has 1 saturated heterocycles. The monoisotopic (exact) mass is 394 g/mol. The first-order valence-corrected chi connectivity index (χ1v) is 9.18. The molecule has 0 aromatic heterocycles. The summed E-state index contributed by atoms with van der Waals surface area (Å²) in [5, 5.41) is 4.75. The Kier molecular flexibility index (Phi) is 5.76. The summed E-state index contributed by atoms with van der Waals surface area (Å²) in [7, 11) is 3.09. The molecule has 2 N–H and O–H groups in total. The van der Waals surface area contributed by atoms with Crippen LogP contribution in [0.25, 0.3) is 0 Å². The Bertz CT molecular complexity index is 799. The van der Waals surface area contributed by atoms with Gasteiger partial charge in [0.2, 0.25) is 11.8 Å². The molecule has 2 aliphatic heterocycles. The van der Waals surface area contributed by atoms with E-state index in [1.165, 1.54) is 16.8 Å². The maximum Gasteiger partial charge on any atom is 0.272 e. The summed E-state index contributed by atoms with van der Waals surface area (Å²) in [5.41, 5.74) is 2.02. The van der Waals surface area contributed by atoms with E-state index in [0.717, 1.165) is 11.1 Å². The number of rotatable bonds is 7. The smallest absolute Gasteiger partial charge is 0.272 e. The molecule has 1 aromatic carbocycles. The molecule has 0 saturated carbocycles. The van der Waals surface area contributed by atoms with Crippen molar-refractivity contribution in [1.29, 1.82) is 0 Å². The maximum atomic E-state index is 13.9. The summed E-state index contributed by atoms with van der Waals surface area (Å²) in [6.45, 7) is -0.329. The van der Waals surface area contributed by atoms with Crippen LogP contribution in [0, 0.1) is 0 Å². The zero-order valence-electron chi connectivity index (χ0n) is 15.9. The topological polar surface area (TPSA) is 81.8 Å². The third-order valence-corrected chi connectivity index (χ3v) is 5.06. The van der Waals surface area contributed by atoms with Crippen molar-refractivity contribution in [3.05, 3.63) is 34.9 Å². The van der Waals surface area contributed by atoms with E-state index in [1.807, 2.05) is 6.07 Å². The molecule has 28 heavy (non-hydrogen) atoms. The molecule has 1 unspecified atom stereocenters. The van der Waals surface area contributed by atoms with Gasteiger partial charge in [0.25, 0.3) is 11.8 Å². The molecule has 9 heteroatoms. The Hall–Kier alpha value is -2.39. The van der Waals surface area contributed by atoms with Crippen LogP contribution in [0.1, 0.15) is 34.3 Å². The number of carbonyl (C=O) groups is 3. The van der Waals surface area contributed by atoms with Gasteiger partial charge in [-0.05, 0) is 37.7 Å². The number of carbonyl (C=O) groups excluding carboxylic acids is 3. The number of hydrogen-bond acceptors (Lipinski definition) is 5. The second-order valence-corrected chi connectivity index (χ2v) is 7.40. The number of alkyl halides is 2. The van der Waals surface area contributed by atoms with Gasteiger partial charge in [-0.2, -0.15) is 0 Å². The van der Waals surface area contributed by atoms with Crippen LogP contribution in [-0.2, 0) is 22.7 Å². The van der Waals surface area contributed by atoms with E-state index in [-0.39, 0.29) is 37.7 Å². The molecule has 152 valence electrons. The van der Waals surface area contributed by atoms with Crippen molar-refractivity contribution < 1.29 is 23.2 Å². The molecule has 1 aromatic rings. The van der Waals surface area contributed by atoms with Gasteiger partial charge >= 0.3 is 0 Å². The summed E-state index contributed by atoms with van der Waals surface area (Å²) in [4.78, 5) is 39.3. The van der Waals surface area contributed by atoms with Gasteiger partial charge in [0.15, 0.2) is 0 Å². The summed E-state index contributed by atoms with van der Waals surface area (Å²) in [5.74, 6) is -3.94. The molecular formula is C19H24F2N4O3. The zero-order valence-corrected chi connectivity index (χ0v) is 15.9. The third kappa shape index (κ3) is 4.20. The number of nitrogens with one attached hydrogen (secondary N) is 2. The lowest BCUT2D eigenvalue weighted by atomic mass is 10.0. The Balaban J connectivity index is 1.75. The van der Waals surface area contributed by atoms with Crippen molar-refractivity contribution in [3.8, 4) is 0 Å². The quantitative estimate of drug-likeness (QED) is 0.667. The van der Waals surface area contributed by atoms with E-state index in [1.54, 1.807) is 19.2 Å². The molecule has 7 nitrogen and oxygen atoms in total. The number of amides is 3. The van der Waals surface area contributed by atoms with Gasteiger partial charge in [0, 0.05) is 25.1 Å². The van der Waals surface area contributed by atoms with E-state index in [0.29, 0.717) is 5.56 Å². The second-order valence-electron chi connectivity index (χ2n) is 7.40. The van der Waals surface area contributed by atoms with E-state index >= 15 is 0 Å². The number of imide groups is 1. The fraction of sp³-hybridized carbons (Fsp3) is 0.526. The predicted molar refractivity (Wildman–Crippen MR) is 97.7 cm³/mol. The molecule has 0 spiro atoms. The molecule has 3 amide bonds. The van der Waals surface area contributed by atoms with Crippen LogP contribution in [0.4, 0.5) is 8.78 Å². The lowest BCUT2D eigenvalue weighted by Crippen LogP contribution is -2.52. The van der Waals surface area contributed by atoms with Crippen molar-refractivity contribution in [1.82, 2.24) is 20.4 Å². The first-order chi connectivity index (χ1) is 13.2. The van der Waals surface area contributed by atoms with Gasteiger partial charge in [-0.3, -0.25) is 24.6 Å². The first kappa shape index (κ1) is 20.3. The molecule has 3 rings (SSSR count). The van der Waals surface area contributed by atoms with Crippen LogP contribution in [0.3, 0.4) is 0 Å². The summed E-state index contributed by atoms with van der Waals surface area (Å²) in [6.07, 6.45) is 0.475. The highest BCUT2D eigenvalue weighted by atomic mass is 19.3. The fourth-order valence-corrected chi connectivity index (χ4v) is 3.85. The lowest BCUT2D eigenvalue weighted by Gasteiger charge is -2.29. The first-order valence-electron chi connectivity index (χ1n) is 9.18. The zero-order chi connectivity index (χ0) is 20.5. The SMILES string of the molecule is CNCC(F)(F)CN(C)Cc1cccc2c1CN(C1CCC(=O)NC1=O)C2=O. The average Bonchev–Trinajstić information content (AvgIpc) is 2.92. The minimum absolute atomic E-state index is 0.187.